The molecule has 1 amide bonds. The molecule has 2 nitrogen and oxygen atoms in total. The van der Waals surface area contributed by atoms with Crippen LogP contribution in [0.15, 0.2) is 18.2 Å². The lowest BCUT2D eigenvalue weighted by atomic mass is 9.87. The molecule has 0 bridgehead atoms. The van der Waals surface area contributed by atoms with E-state index in [4.69, 9.17) is 0 Å². The van der Waals surface area contributed by atoms with Crippen molar-refractivity contribution in [3.05, 3.63) is 29.6 Å². The van der Waals surface area contributed by atoms with Gasteiger partial charge in [-0.2, -0.15) is 12.6 Å². The minimum atomic E-state index is -0.301. The average molecular weight is 253 g/mol. The highest BCUT2D eigenvalue weighted by atomic mass is 32.1. The summed E-state index contributed by atoms with van der Waals surface area (Å²) >= 11 is 4.06. The molecule has 0 spiro atoms. The maximum Gasteiger partial charge on any atom is 0.227 e. The molecule has 0 saturated carbocycles. The predicted molar refractivity (Wildman–Crippen MR) is 70.2 cm³/mol. The Hall–Kier alpha value is -1.03. The van der Waals surface area contributed by atoms with Crippen LogP contribution in [-0.4, -0.2) is 18.2 Å². The van der Waals surface area contributed by atoms with Gasteiger partial charge in [0.1, 0.15) is 5.82 Å². The Labute approximate surface area is 106 Å². The number of nitrogens with zero attached hydrogens (tertiary/aromatic N) is 1. The van der Waals surface area contributed by atoms with E-state index in [0.29, 0.717) is 24.4 Å². The van der Waals surface area contributed by atoms with Crippen molar-refractivity contribution >= 4 is 24.2 Å². The van der Waals surface area contributed by atoms with E-state index in [1.807, 2.05) is 0 Å². The van der Waals surface area contributed by atoms with Crippen LogP contribution in [0.3, 0.4) is 0 Å². The van der Waals surface area contributed by atoms with Gasteiger partial charge in [-0.3, -0.25) is 4.79 Å². The molecule has 2 rings (SSSR count). The van der Waals surface area contributed by atoms with E-state index in [9.17, 15) is 9.18 Å². The van der Waals surface area contributed by atoms with Gasteiger partial charge in [-0.1, -0.05) is 19.9 Å². The van der Waals surface area contributed by atoms with E-state index in [-0.39, 0.29) is 17.1 Å². The second-order valence-electron chi connectivity index (χ2n) is 5.00. The van der Waals surface area contributed by atoms with E-state index in [2.05, 4.69) is 26.5 Å². The smallest absolute Gasteiger partial charge is 0.227 e. The molecule has 0 saturated heterocycles. The summed E-state index contributed by atoms with van der Waals surface area (Å²) in [4.78, 5) is 13.6. The van der Waals surface area contributed by atoms with Gasteiger partial charge in [-0.25, -0.2) is 4.39 Å². The first-order chi connectivity index (χ1) is 7.95. The summed E-state index contributed by atoms with van der Waals surface area (Å²) in [7, 11) is 0. The third-order valence-electron chi connectivity index (χ3n) is 3.16. The van der Waals surface area contributed by atoms with E-state index >= 15 is 0 Å². The molecule has 0 atom stereocenters. The van der Waals surface area contributed by atoms with Crippen LogP contribution in [0.5, 0.6) is 0 Å². The number of fused-ring (bicyclic) bond motifs is 1. The number of benzene rings is 1. The van der Waals surface area contributed by atoms with Gasteiger partial charge in [0.15, 0.2) is 0 Å². The van der Waals surface area contributed by atoms with Gasteiger partial charge in [0.25, 0.3) is 0 Å². The molecule has 1 aliphatic heterocycles. The van der Waals surface area contributed by atoms with Crippen molar-refractivity contribution in [2.24, 2.45) is 0 Å². The highest BCUT2D eigenvalue weighted by Crippen LogP contribution is 2.40. The predicted octanol–water partition coefficient (Wildman–Crippen LogP) is 2.77. The van der Waals surface area contributed by atoms with Gasteiger partial charge < -0.3 is 4.90 Å². The Bertz CT molecular complexity index is 459. The minimum absolute atomic E-state index is 0.0115. The lowest BCUT2D eigenvalue weighted by molar-refractivity contribution is -0.118. The first-order valence-electron chi connectivity index (χ1n) is 5.67. The fraction of sp³-hybridized carbons (Fsp3) is 0.462. The number of hydrogen-bond donors (Lipinski definition) is 1. The molecule has 0 unspecified atom stereocenters. The van der Waals surface area contributed by atoms with Crippen LogP contribution < -0.4 is 4.90 Å². The van der Waals surface area contributed by atoms with Gasteiger partial charge in [-0.05, 0) is 23.4 Å². The van der Waals surface area contributed by atoms with Crippen molar-refractivity contribution in [1.82, 2.24) is 0 Å². The molecule has 1 heterocycles. The molecule has 4 heteroatoms. The normalized spacial score (nSPS) is 17.1. The van der Waals surface area contributed by atoms with E-state index in [1.165, 1.54) is 12.1 Å². The highest BCUT2D eigenvalue weighted by Gasteiger charge is 2.37. The van der Waals surface area contributed by atoms with E-state index in [1.54, 1.807) is 11.0 Å². The van der Waals surface area contributed by atoms with Crippen LogP contribution in [0.2, 0.25) is 0 Å². The first-order valence-corrected chi connectivity index (χ1v) is 6.30. The summed E-state index contributed by atoms with van der Waals surface area (Å²) in [6.45, 7) is 4.74. The summed E-state index contributed by atoms with van der Waals surface area (Å²) in [6.07, 6.45) is 0.384. The number of carbonyl (C=O) groups is 1. The Kier molecular flexibility index (Phi) is 3.17. The number of thiol groups is 1. The molecule has 1 aliphatic rings. The highest BCUT2D eigenvalue weighted by molar-refractivity contribution is 7.80. The zero-order valence-corrected chi connectivity index (χ0v) is 10.9. The molecule has 92 valence electrons. The molecule has 0 N–H and O–H groups in total. The third kappa shape index (κ3) is 2.18. The lowest BCUT2D eigenvalue weighted by Gasteiger charge is -2.20. The van der Waals surface area contributed by atoms with Crippen molar-refractivity contribution < 1.29 is 9.18 Å². The maximum atomic E-state index is 13.3. The summed E-state index contributed by atoms with van der Waals surface area (Å²) < 4.78 is 13.3. The molecule has 0 aromatic heterocycles. The van der Waals surface area contributed by atoms with Crippen LogP contribution in [0, 0.1) is 5.82 Å². The molecular weight excluding hydrogens is 237 g/mol. The number of hydrogen-bond acceptors (Lipinski definition) is 2. The molecule has 17 heavy (non-hydrogen) atoms. The fourth-order valence-corrected chi connectivity index (χ4v) is 2.51. The fourth-order valence-electron chi connectivity index (χ4n) is 2.32. The molecule has 1 aromatic rings. The Morgan fingerprint density at radius 2 is 2.24 bits per heavy atom. The van der Waals surface area contributed by atoms with Crippen molar-refractivity contribution in [3.8, 4) is 0 Å². The number of anilines is 1. The lowest BCUT2D eigenvalue weighted by Crippen LogP contribution is -2.33. The number of amides is 1. The van der Waals surface area contributed by atoms with Crippen molar-refractivity contribution in [2.75, 3.05) is 17.2 Å². The maximum absolute atomic E-state index is 13.3. The number of halogens is 1. The van der Waals surface area contributed by atoms with Crippen LogP contribution in [-0.2, 0) is 10.2 Å². The van der Waals surface area contributed by atoms with Gasteiger partial charge in [-0.15, -0.1) is 0 Å². The Morgan fingerprint density at radius 3 is 2.88 bits per heavy atom. The first kappa shape index (κ1) is 12.4. The Balaban J connectivity index is 2.42. The topological polar surface area (TPSA) is 20.3 Å². The summed E-state index contributed by atoms with van der Waals surface area (Å²) in [5.74, 6) is 0.225. The SMILES string of the molecule is CC1(C)CN(C(=O)CCS)c2cc(F)ccc21. The summed E-state index contributed by atoms with van der Waals surface area (Å²) in [5.41, 5.74) is 1.63. The van der Waals surface area contributed by atoms with Crippen LogP contribution in [0.4, 0.5) is 10.1 Å². The second-order valence-corrected chi connectivity index (χ2v) is 5.45. The van der Waals surface area contributed by atoms with Crippen LogP contribution >= 0.6 is 12.6 Å². The monoisotopic (exact) mass is 253 g/mol. The Morgan fingerprint density at radius 1 is 1.53 bits per heavy atom. The van der Waals surface area contributed by atoms with Gasteiger partial charge in [0.05, 0.1) is 5.69 Å². The van der Waals surface area contributed by atoms with Gasteiger partial charge >= 0.3 is 0 Å². The average Bonchev–Trinajstić information content (AvgIpc) is 2.51. The summed E-state index contributed by atoms with van der Waals surface area (Å²) in [6, 6.07) is 4.67. The zero-order chi connectivity index (χ0) is 12.6. The zero-order valence-electron chi connectivity index (χ0n) is 10.0. The van der Waals surface area contributed by atoms with Crippen molar-refractivity contribution in [2.45, 2.75) is 25.7 Å². The van der Waals surface area contributed by atoms with Gasteiger partial charge in [0.2, 0.25) is 5.91 Å². The summed E-state index contributed by atoms with van der Waals surface area (Å²) in [5, 5.41) is 0. The largest absolute Gasteiger partial charge is 0.311 e. The van der Waals surface area contributed by atoms with Crippen molar-refractivity contribution in [3.63, 3.8) is 0 Å². The van der Waals surface area contributed by atoms with Crippen molar-refractivity contribution in [1.29, 1.82) is 0 Å². The molecule has 1 aromatic carbocycles. The standard InChI is InChI=1S/C13H16FNOS/c1-13(2)8-15(12(16)5-6-17)11-7-9(14)3-4-10(11)13/h3-4,7,17H,5-6,8H2,1-2H3. The number of carbonyl (C=O) groups excluding carboxylic acids is 1. The van der Waals surface area contributed by atoms with Crippen LogP contribution in [0.25, 0.3) is 0 Å². The quantitative estimate of drug-likeness (QED) is 0.804. The second kappa shape index (κ2) is 4.33. The molecule has 0 fully saturated rings. The molecular formula is C13H16FNOS. The molecule has 0 radical (unpaired) electrons. The van der Waals surface area contributed by atoms with Crippen LogP contribution in [0.1, 0.15) is 25.8 Å². The molecule has 0 aliphatic carbocycles. The number of rotatable bonds is 2. The van der Waals surface area contributed by atoms with E-state index in [0.717, 1.165) is 5.56 Å². The third-order valence-corrected chi connectivity index (χ3v) is 3.38. The minimum Gasteiger partial charge on any atom is -0.311 e. The van der Waals surface area contributed by atoms with Gasteiger partial charge in [0, 0.05) is 18.4 Å². The van der Waals surface area contributed by atoms with E-state index < -0.39 is 0 Å².